The Morgan fingerprint density at radius 1 is 1.57 bits per heavy atom. The fourth-order valence-electron chi connectivity index (χ4n) is 0.538. The Kier molecular flexibility index (Phi) is 6.02. The number of allylic oxidation sites excluding steroid dienone is 1. The molecule has 78 valence electrons. The molecule has 14 heavy (non-hydrogen) atoms. The van der Waals surface area contributed by atoms with Gasteiger partial charge in [0.2, 0.25) is 0 Å². The normalized spacial score (nSPS) is 13.4. The SMILES string of the molecule is C\C=C(N)/N=N/C=C(\C)C(=O)OCC. The fourth-order valence-corrected chi connectivity index (χ4v) is 0.538. The zero-order valence-corrected chi connectivity index (χ0v) is 8.65. The topological polar surface area (TPSA) is 77.0 Å². The number of hydrogen-bond donors (Lipinski definition) is 1. The standard InChI is InChI=1S/C9H15N3O2/c1-4-8(10)12-11-6-7(3)9(13)14-5-2/h4,6H,5,10H2,1-3H3/b7-6+,8-4-,12-11+. The summed E-state index contributed by atoms with van der Waals surface area (Å²) in [7, 11) is 0. The van der Waals surface area contributed by atoms with E-state index in [1.54, 1.807) is 26.8 Å². The number of azo groups is 1. The van der Waals surface area contributed by atoms with Crippen molar-refractivity contribution in [1.82, 2.24) is 0 Å². The maximum atomic E-state index is 11.1. The molecule has 2 N–H and O–H groups in total. The highest BCUT2D eigenvalue weighted by Gasteiger charge is 2.02. The molecular weight excluding hydrogens is 182 g/mol. The molecule has 0 aromatic carbocycles. The lowest BCUT2D eigenvalue weighted by Crippen LogP contribution is -2.04. The van der Waals surface area contributed by atoms with Crippen molar-refractivity contribution in [2.24, 2.45) is 16.0 Å². The van der Waals surface area contributed by atoms with E-state index in [0.717, 1.165) is 0 Å². The minimum atomic E-state index is -0.398. The van der Waals surface area contributed by atoms with Crippen LogP contribution in [-0.2, 0) is 9.53 Å². The van der Waals surface area contributed by atoms with E-state index in [2.05, 4.69) is 10.2 Å². The van der Waals surface area contributed by atoms with Crippen molar-refractivity contribution in [1.29, 1.82) is 0 Å². The van der Waals surface area contributed by atoms with Crippen molar-refractivity contribution in [3.63, 3.8) is 0 Å². The van der Waals surface area contributed by atoms with Crippen LogP contribution in [-0.4, -0.2) is 12.6 Å². The third kappa shape index (κ3) is 5.08. The molecule has 0 aromatic heterocycles. The van der Waals surface area contributed by atoms with Crippen LogP contribution >= 0.6 is 0 Å². The molecule has 0 atom stereocenters. The molecule has 0 aliphatic rings. The lowest BCUT2D eigenvalue weighted by atomic mass is 10.3. The highest BCUT2D eigenvalue weighted by atomic mass is 16.5. The van der Waals surface area contributed by atoms with Gasteiger partial charge in [-0.05, 0) is 26.8 Å². The van der Waals surface area contributed by atoms with Crippen molar-refractivity contribution in [3.8, 4) is 0 Å². The number of hydrogen-bond acceptors (Lipinski definition) is 5. The van der Waals surface area contributed by atoms with Crippen LogP contribution in [0.5, 0.6) is 0 Å². The van der Waals surface area contributed by atoms with E-state index in [1.165, 1.54) is 6.20 Å². The summed E-state index contributed by atoms with van der Waals surface area (Å²) in [4.78, 5) is 11.1. The molecule has 0 bridgehead atoms. The number of carbonyl (C=O) groups excluding carboxylic acids is 1. The van der Waals surface area contributed by atoms with Gasteiger partial charge in [-0.15, -0.1) is 5.11 Å². The molecule has 5 nitrogen and oxygen atoms in total. The van der Waals surface area contributed by atoms with Crippen molar-refractivity contribution in [2.75, 3.05) is 6.61 Å². The zero-order valence-electron chi connectivity index (χ0n) is 8.65. The predicted octanol–water partition coefficient (Wildman–Crippen LogP) is 1.73. The van der Waals surface area contributed by atoms with Crippen LogP contribution in [0.3, 0.4) is 0 Å². The number of nitrogens with zero attached hydrogens (tertiary/aromatic N) is 2. The number of nitrogens with two attached hydrogens (primary N) is 1. The fraction of sp³-hybridized carbons (Fsp3) is 0.444. The molecule has 0 rings (SSSR count). The molecule has 0 saturated heterocycles. The van der Waals surface area contributed by atoms with Crippen LogP contribution in [0.1, 0.15) is 20.8 Å². The third-order valence-corrected chi connectivity index (χ3v) is 1.32. The van der Waals surface area contributed by atoms with E-state index in [9.17, 15) is 4.79 Å². The Morgan fingerprint density at radius 2 is 2.21 bits per heavy atom. The van der Waals surface area contributed by atoms with Gasteiger partial charge in [0.15, 0.2) is 0 Å². The molecule has 0 saturated carbocycles. The van der Waals surface area contributed by atoms with Gasteiger partial charge in [0.05, 0.1) is 18.4 Å². The molecule has 0 radical (unpaired) electrons. The summed E-state index contributed by atoms with van der Waals surface area (Å²) < 4.78 is 4.73. The first kappa shape index (κ1) is 12.3. The molecule has 0 spiro atoms. The highest BCUT2D eigenvalue weighted by Crippen LogP contribution is 1.98. The first-order valence-electron chi connectivity index (χ1n) is 4.28. The minimum absolute atomic E-state index is 0.304. The van der Waals surface area contributed by atoms with E-state index in [0.29, 0.717) is 18.0 Å². The van der Waals surface area contributed by atoms with E-state index >= 15 is 0 Å². The number of carbonyl (C=O) groups is 1. The van der Waals surface area contributed by atoms with Gasteiger partial charge in [0.25, 0.3) is 0 Å². The van der Waals surface area contributed by atoms with Crippen LogP contribution < -0.4 is 5.73 Å². The van der Waals surface area contributed by atoms with Crippen LogP contribution in [0.2, 0.25) is 0 Å². The van der Waals surface area contributed by atoms with Gasteiger partial charge in [-0.25, -0.2) is 4.79 Å². The van der Waals surface area contributed by atoms with Crippen LogP contribution in [0.15, 0.2) is 33.9 Å². The average molecular weight is 197 g/mol. The van der Waals surface area contributed by atoms with E-state index < -0.39 is 5.97 Å². The van der Waals surface area contributed by atoms with Crippen molar-refractivity contribution < 1.29 is 9.53 Å². The Morgan fingerprint density at radius 3 is 2.71 bits per heavy atom. The van der Waals surface area contributed by atoms with Crippen LogP contribution in [0.25, 0.3) is 0 Å². The summed E-state index contributed by atoms with van der Waals surface area (Å²) in [5.41, 5.74) is 5.74. The summed E-state index contributed by atoms with van der Waals surface area (Å²) in [5.74, 6) is -0.0941. The Labute approximate surface area is 83.3 Å². The Bertz CT molecular complexity index is 280. The molecule has 0 heterocycles. The van der Waals surface area contributed by atoms with Crippen molar-refractivity contribution >= 4 is 5.97 Å². The van der Waals surface area contributed by atoms with Crippen LogP contribution in [0, 0.1) is 0 Å². The number of rotatable bonds is 4. The lowest BCUT2D eigenvalue weighted by molar-refractivity contribution is -0.138. The predicted molar refractivity (Wildman–Crippen MR) is 53.2 cm³/mol. The lowest BCUT2D eigenvalue weighted by Gasteiger charge is -1.98. The molecule has 0 aromatic rings. The second-order valence-corrected chi connectivity index (χ2v) is 2.46. The minimum Gasteiger partial charge on any atom is -0.463 e. The smallest absolute Gasteiger partial charge is 0.335 e. The largest absolute Gasteiger partial charge is 0.463 e. The van der Waals surface area contributed by atoms with Gasteiger partial charge in [0, 0.05) is 0 Å². The molecule has 0 amide bonds. The van der Waals surface area contributed by atoms with Gasteiger partial charge in [-0.2, -0.15) is 5.11 Å². The zero-order chi connectivity index (χ0) is 11.0. The third-order valence-electron chi connectivity index (χ3n) is 1.32. The first-order valence-corrected chi connectivity index (χ1v) is 4.28. The summed E-state index contributed by atoms with van der Waals surface area (Å²) in [6.07, 6.45) is 2.92. The number of ether oxygens (including phenoxy) is 1. The van der Waals surface area contributed by atoms with Gasteiger partial charge in [-0.1, -0.05) is 0 Å². The van der Waals surface area contributed by atoms with Gasteiger partial charge >= 0.3 is 5.97 Å². The Hall–Kier alpha value is -1.65. The maximum Gasteiger partial charge on any atom is 0.335 e. The van der Waals surface area contributed by atoms with Crippen molar-refractivity contribution in [2.45, 2.75) is 20.8 Å². The van der Waals surface area contributed by atoms with Crippen LogP contribution in [0.4, 0.5) is 0 Å². The quantitative estimate of drug-likeness (QED) is 0.423. The molecule has 0 fully saturated rings. The van der Waals surface area contributed by atoms with Crippen molar-refractivity contribution in [3.05, 3.63) is 23.7 Å². The molecule has 0 aliphatic carbocycles. The maximum absolute atomic E-state index is 11.1. The second-order valence-electron chi connectivity index (χ2n) is 2.46. The summed E-state index contributed by atoms with van der Waals surface area (Å²) in [5, 5.41) is 7.22. The summed E-state index contributed by atoms with van der Waals surface area (Å²) in [6.45, 7) is 5.43. The van der Waals surface area contributed by atoms with E-state index in [4.69, 9.17) is 10.5 Å². The summed E-state index contributed by atoms with van der Waals surface area (Å²) >= 11 is 0. The average Bonchev–Trinajstić information content (AvgIpc) is 2.17. The second kappa shape index (κ2) is 6.82. The van der Waals surface area contributed by atoms with Gasteiger partial charge in [0.1, 0.15) is 5.82 Å². The first-order chi connectivity index (χ1) is 6.61. The van der Waals surface area contributed by atoms with Gasteiger partial charge < -0.3 is 10.5 Å². The molecule has 0 unspecified atom stereocenters. The number of esters is 1. The monoisotopic (exact) mass is 197 g/mol. The molecule has 0 aliphatic heterocycles. The molecule has 5 heteroatoms. The van der Waals surface area contributed by atoms with E-state index in [-0.39, 0.29) is 0 Å². The van der Waals surface area contributed by atoms with E-state index in [1.807, 2.05) is 0 Å². The molecular formula is C9H15N3O2. The van der Waals surface area contributed by atoms with Gasteiger partial charge in [-0.3, -0.25) is 0 Å². The summed E-state index contributed by atoms with van der Waals surface area (Å²) in [6, 6.07) is 0. The highest BCUT2D eigenvalue weighted by molar-refractivity contribution is 5.87. The Balaban J connectivity index is 4.25.